The van der Waals surface area contributed by atoms with E-state index in [4.69, 9.17) is 0 Å². The van der Waals surface area contributed by atoms with E-state index in [0.717, 1.165) is 25.3 Å². The number of anilines is 1. The number of aromatic nitrogens is 1. The number of hydrogen-bond acceptors (Lipinski definition) is 4. The summed E-state index contributed by atoms with van der Waals surface area (Å²) in [7, 11) is -3.04. The standard InChI is InChI=1S/C13H19N3O2S/c1-11-4-3-6-14-12(11)15-8-13(9-15)5-7-16(10-13)19(2,17)18/h3-4,6H,5,7-10H2,1-2H3. The van der Waals surface area contributed by atoms with Crippen molar-refractivity contribution in [2.75, 3.05) is 37.3 Å². The first kappa shape index (κ1) is 12.9. The summed E-state index contributed by atoms with van der Waals surface area (Å²) in [6.45, 7) is 5.21. The fraction of sp³-hybridized carbons (Fsp3) is 0.615. The van der Waals surface area contributed by atoms with Gasteiger partial charge in [0.25, 0.3) is 0 Å². The Kier molecular flexibility index (Phi) is 2.83. The highest BCUT2D eigenvalue weighted by Gasteiger charge is 2.50. The second-order valence-electron chi connectivity index (χ2n) is 5.85. The van der Waals surface area contributed by atoms with Gasteiger partial charge < -0.3 is 4.90 Å². The molecule has 2 aliphatic heterocycles. The summed E-state index contributed by atoms with van der Waals surface area (Å²) in [6, 6.07) is 4.00. The number of nitrogens with zero attached hydrogens (tertiary/aromatic N) is 3. The average molecular weight is 281 g/mol. The third-order valence-electron chi connectivity index (χ3n) is 4.21. The molecule has 0 bridgehead atoms. The van der Waals surface area contributed by atoms with E-state index >= 15 is 0 Å². The lowest BCUT2D eigenvalue weighted by atomic mass is 9.79. The zero-order chi connectivity index (χ0) is 13.7. The van der Waals surface area contributed by atoms with Crippen molar-refractivity contribution in [3.63, 3.8) is 0 Å². The van der Waals surface area contributed by atoms with Crippen LogP contribution in [0.4, 0.5) is 5.82 Å². The number of sulfonamides is 1. The summed E-state index contributed by atoms with van der Waals surface area (Å²) in [4.78, 5) is 6.67. The highest BCUT2D eigenvalue weighted by Crippen LogP contribution is 2.42. The summed E-state index contributed by atoms with van der Waals surface area (Å²) in [6.07, 6.45) is 4.07. The molecule has 2 aliphatic rings. The van der Waals surface area contributed by atoms with Crippen LogP contribution in [0.1, 0.15) is 12.0 Å². The zero-order valence-corrected chi connectivity index (χ0v) is 12.2. The number of pyridine rings is 1. The van der Waals surface area contributed by atoms with Gasteiger partial charge in [0.1, 0.15) is 5.82 Å². The van der Waals surface area contributed by atoms with Crippen LogP contribution in [0.3, 0.4) is 0 Å². The van der Waals surface area contributed by atoms with Gasteiger partial charge in [-0.2, -0.15) is 0 Å². The SMILES string of the molecule is Cc1cccnc1N1CC2(CCN(S(C)(=O)=O)C2)C1. The predicted molar refractivity (Wildman–Crippen MR) is 74.7 cm³/mol. The van der Waals surface area contributed by atoms with Gasteiger partial charge in [-0.25, -0.2) is 17.7 Å². The topological polar surface area (TPSA) is 53.5 Å². The molecule has 1 aromatic rings. The second kappa shape index (κ2) is 4.18. The molecule has 0 N–H and O–H groups in total. The summed E-state index contributed by atoms with van der Waals surface area (Å²) in [5.41, 5.74) is 1.32. The average Bonchev–Trinajstić information content (AvgIpc) is 2.72. The molecule has 5 nitrogen and oxygen atoms in total. The van der Waals surface area contributed by atoms with Gasteiger partial charge in [-0.3, -0.25) is 0 Å². The van der Waals surface area contributed by atoms with E-state index in [-0.39, 0.29) is 5.41 Å². The summed E-state index contributed by atoms with van der Waals surface area (Å²) in [5, 5.41) is 0. The molecule has 0 unspecified atom stereocenters. The van der Waals surface area contributed by atoms with Gasteiger partial charge in [0, 0.05) is 37.8 Å². The maximum Gasteiger partial charge on any atom is 0.211 e. The monoisotopic (exact) mass is 281 g/mol. The van der Waals surface area contributed by atoms with Crippen LogP contribution in [0.2, 0.25) is 0 Å². The number of rotatable bonds is 2. The molecule has 6 heteroatoms. The Bertz CT molecular complexity index is 594. The molecule has 3 rings (SSSR count). The minimum absolute atomic E-state index is 0.146. The Morgan fingerprint density at radius 3 is 2.63 bits per heavy atom. The van der Waals surface area contributed by atoms with Gasteiger partial charge >= 0.3 is 0 Å². The van der Waals surface area contributed by atoms with Crippen molar-refractivity contribution in [3.05, 3.63) is 23.9 Å². The Labute approximate surface area is 114 Å². The van der Waals surface area contributed by atoms with Crippen LogP contribution in [0.5, 0.6) is 0 Å². The van der Waals surface area contributed by atoms with E-state index in [0.29, 0.717) is 13.1 Å². The van der Waals surface area contributed by atoms with E-state index in [1.165, 1.54) is 11.8 Å². The third-order valence-corrected chi connectivity index (χ3v) is 5.46. The zero-order valence-electron chi connectivity index (χ0n) is 11.3. The van der Waals surface area contributed by atoms with E-state index in [1.54, 1.807) is 4.31 Å². The number of aryl methyl sites for hydroxylation is 1. The Morgan fingerprint density at radius 2 is 2.05 bits per heavy atom. The van der Waals surface area contributed by atoms with Crippen LogP contribution >= 0.6 is 0 Å². The maximum absolute atomic E-state index is 11.6. The van der Waals surface area contributed by atoms with Crippen molar-refractivity contribution in [1.82, 2.24) is 9.29 Å². The van der Waals surface area contributed by atoms with Crippen LogP contribution in [-0.4, -0.2) is 50.1 Å². The number of hydrogen-bond donors (Lipinski definition) is 0. The quantitative estimate of drug-likeness (QED) is 0.807. The minimum Gasteiger partial charge on any atom is -0.355 e. The van der Waals surface area contributed by atoms with Gasteiger partial charge in [0.15, 0.2) is 0 Å². The van der Waals surface area contributed by atoms with E-state index in [2.05, 4.69) is 22.9 Å². The molecule has 104 valence electrons. The van der Waals surface area contributed by atoms with Crippen molar-refractivity contribution >= 4 is 15.8 Å². The smallest absolute Gasteiger partial charge is 0.211 e. The molecule has 19 heavy (non-hydrogen) atoms. The Balaban J connectivity index is 1.69. The van der Waals surface area contributed by atoms with E-state index in [9.17, 15) is 8.42 Å². The lowest BCUT2D eigenvalue weighted by Gasteiger charge is -2.49. The lowest BCUT2D eigenvalue weighted by molar-refractivity contribution is 0.229. The normalized spacial score (nSPS) is 22.7. The molecular weight excluding hydrogens is 262 g/mol. The van der Waals surface area contributed by atoms with Crippen LogP contribution in [0.25, 0.3) is 0 Å². The van der Waals surface area contributed by atoms with Crippen molar-refractivity contribution in [1.29, 1.82) is 0 Å². The summed E-state index contributed by atoms with van der Waals surface area (Å²) < 4.78 is 24.7. The van der Waals surface area contributed by atoms with E-state index < -0.39 is 10.0 Å². The fourth-order valence-electron chi connectivity index (χ4n) is 3.16. The largest absolute Gasteiger partial charge is 0.355 e. The summed E-state index contributed by atoms with van der Waals surface area (Å²) >= 11 is 0. The van der Waals surface area contributed by atoms with Gasteiger partial charge in [0.2, 0.25) is 10.0 Å². The Morgan fingerprint density at radius 1 is 1.32 bits per heavy atom. The molecule has 0 amide bonds. The Hall–Kier alpha value is -1.14. The first-order valence-electron chi connectivity index (χ1n) is 6.51. The molecule has 1 spiro atoms. The predicted octanol–water partition coefficient (Wildman–Crippen LogP) is 0.862. The molecule has 0 radical (unpaired) electrons. The third kappa shape index (κ3) is 2.23. The van der Waals surface area contributed by atoms with Gasteiger partial charge in [-0.05, 0) is 25.0 Å². The highest BCUT2D eigenvalue weighted by atomic mass is 32.2. The van der Waals surface area contributed by atoms with Gasteiger partial charge in [0.05, 0.1) is 6.26 Å². The molecule has 1 aromatic heterocycles. The molecule has 0 aromatic carbocycles. The van der Waals surface area contributed by atoms with Crippen molar-refractivity contribution in [2.24, 2.45) is 5.41 Å². The van der Waals surface area contributed by atoms with Crippen molar-refractivity contribution < 1.29 is 8.42 Å². The molecule has 3 heterocycles. The molecule has 2 saturated heterocycles. The molecule has 0 aliphatic carbocycles. The summed E-state index contributed by atoms with van der Waals surface area (Å²) in [5.74, 6) is 1.03. The molecule has 0 atom stereocenters. The van der Waals surface area contributed by atoms with Crippen LogP contribution in [-0.2, 0) is 10.0 Å². The minimum atomic E-state index is -3.04. The van der Waals surface area contributed by atoms with Crippen LogP contribution in [0.15, 0.2) is 18.3 Å². The van der Waals surface area contributed by atoms with Crippen molar-refractivity contribution in [3.8, 4) is 0 Å². The van der Waals surface area contributed by atoms with Crippen LogP contribution in [0, 0.1) is 12.3 Å². The first-order valence-corrected chi connectivity index (χ1v) is 8.36. The van der Waals surface area contributed by atoms with Crippen LogP contribution < -0.4 is 4.90 Å². The van der Waals surface area contributed by atoms with E-state index in [1.807, 2.05) is 12.3 Å². The first-order chi connectivity index (χ1) is 8.90. The van der Waals surface area contributed by atoms with Crippen molar-refractivity contribution in [2.45, 2.75) is 13.3 Å². The molecular formula is C13H19N3O2S. The van der Waals surface area contributed by atoms with Gasteiger partial charge in [-0.15, -0.1) is 0 Å². The second-order valence-corrected chi connectivity index (χ2v) is 7.83. The lowest BCUT2D eigenvalue weighted by Crippen LogP contribution is -2.58. The van der Waals surface area contributed by atoms with Gasteiger partial charge in [-0.1, -0.05) is 6.07 Å². The maximum atomic E-state index is 11.6. The highest BCUT2D eigenvalue weighted by molar-refractivity contribution is 7.88. The molecule has 0 saturated carbocycles. The fourth-order valence-corrected chi connectivity index (χ4v) is 4.09. The molecule has 2 fully saturated rings.